The van der Waals surface area contributed by atoms with Crippen LogP contribution < -0.4 is 0 Å². The number of ether oxygens (including phenoxy) is 2. The van der Waals surface area contributed by atoms with Crippen molar-refractivity contribution in [3.63, 3.8) is 0 Å². The Morgan fingerprint density at radius 3 is 2.55 bits per heavy atom. The van der Waals surface area contributed by atoms with E-state index in [1.807, 2.05) is 13.8 Å². The van der Waals surface area contributed by atoms with E-state index >= 15 is 0 Å². The lowest BCUT2D eigenvalue weighted by Crippen LogP contribution is -2.09. The van der Waals surface area contributed by atoms with Crippen LogP contribution in [0.1, 0.15) is 31.4 Å². The number of benzene rings is 1. The third-order valence-electron chi connectivity index (χ3n) is 2.79. The van der Waals surface area contributed by atoms with Gasteiger partial charge in [-0.15, -0.1) is 5.10 Å². The Balaban J connectivity index is 2.24. The number of rotatable bonds is 6. The van der Waals surface area contributed by atoms with E-state index in [-0.39, 0.29) is 5.82 Å². The van der Waals surface area contributed by atoms with Crippen molar-refractivity contribution in [1.29, 1.82) is 0 Å². The van der Waals surface area contributed by atoms with Gasteiger partial charge in [-0.2, -0.15) is 0 Å². The van der Waals surface area contributed by atoms with Crippen molar-refractivity contribution < 1.29 is 13.9 Å². The average molecular weight is 279 g/mol. The minimum absolute atomic E-state index is 0.240. The zero-order valence-electron chi connectivity index (χ0n) is 11.8. The molecule has 0 fully saturated rings. The second kappa shape index (κ2) is 6.58. The van der Waals surface area contributed by atoms with E-state index in [0.717, 1.165) is 5.69 Å². The lowest BCUT2D eigenvalue weighted by atomic mass is 10.2. The molecular weight excluding hydrogens is 261 g/mol. The molecule has 0 bridgehead atoms. The molecule has 20 heavy (non-hydrogen) atoms. The molecule has 0 aliphatic rings. The number of halogens is 1. The Bertz CT molecular complexity index is 565. The van der Waals surface area contributed by atoms with Crippen LogP contribution in [0.15, 0.2) is 24.4 Å². The predicted molar refractivity (Wildman–Crippen MR) is 72.0 cm³/mol. The summed E-state index contributed by atoms with van der Waals surface area (Å²) in [7, 11) is 0. The molecule has 6 heteroatoms. The van der Waals surface area contributed by atoms with Crippen LogP contribution >= 0.6 is 0 Å². The molecule has 1 heterocycles. The maximum absolute atomic E-state index is 13.3. The van der Waals surface area contributed by atoms with Crippen LogP contribution in [0.3, 0.4) is 0 Å². The number of aromatic nitrogens is 3. The van der Waals surface area contributed by atoms with E-state index in [4.69, 9.17) is 9.47 Å². The third kappa shape index (κ3) is 3.20. The Morgan fingerprint density at radius 2 is 1.95 bits per heavy atom. The normalized spacial score (nSPS) is 11.2. The van der Waals surface area contributed by atoms with Gasteiger partial charge >= 0.3 is 0 Å². The van der Waals surface area contributed by atoms with Crippen LogP contribution in [0.4, 0.5) is 4.39 Å². The third-order valence-corrected chi connectivity index (χ3v) is 2.79. The van der Waals surface area contributed by atoms with E-state index < -0.39 is 6.29 Å². The maximum atomic E-state index is 13.3. The molecule has 0 spiro atoms. The van der Waals surface area contributed by atoms with Gasteiger partial charge in [0.25, 0.3) is 0 Å². The molecule has 0 saturated heterocycles. The Hall–Kier alpha value is -1.79. The van der Waals surface area contributed by atoms with Crippen molar-refractivity contribution in [2.24, 2.45) is 0 Å². The molecule has 0 amide bonds. The summed E-state index contributed by atoms with van der Waals surface area (Å²) in [5.41, 5.74) is 1.90. The van der Waals surface area contributed by atoms with Gasteiger partial charge in [0, 0.05) is 13.2 Å². The zero-order valence-corrected chi connectivity index (χ0v) is 11.8. The molecule has 2 rings (SSSR count). The summed E-state index contributed by atoms with van der Waals surface area (Å²) in [6.45, 7) is 6.53. The standard InChI is InChI=1S/C14H18FN3O2/c1-4-19-14(20-5-2)13-9-18(17-16-13)11-6-7-12(15)10(3)8-11/h6-9,14H,4-5H2,1-3H3. The van der Waals surface area contributed by atoms with Gasteiger partial charge in [0.05, 0.1) is 11.9 Å². The zero-order chi connectivity index (χ0) is 14.5. The molecule has 0 radical (unpaired) electrons. The molecular formula is C14H18FN3O2. The summed E-state index contributed by atoms with van der Waals surface area (Å²) in [5.74, 6) is -0.240. The number of nitrogens with zero attached hydrogens (tertiary/aromatic N) is 3. The maximum Gasteiger partial charge on any atom is 0.204 e. The summed E-state index contributed by atoms with van der Waals surface area (Å²) in [5, 5.41) is 8.08. The van der Waals surface area contributed by atoms with Gasteiger partial charge in [0.15, 0.2) is 0 Å². The fourth-order valence-corrected chi connectivity index (χ4v) is 1.80. The van der Waals surface area contributed by atoms with Crippen LogP contribution in [0.2, 0.25) is 0 Å². The van der Waals surface area contributed by atoms with Crippen LogP contribution in [0, 0.1) is 12.7 Å². The molecule has 1 aromatic carbocycles. The first kappa shape index (κ1) is 14.6. The second-order valence-corrected chi connectivity index (χ2v) is 4.26. The summed E-state index contributed by atoms with van der Waals surface area (Å²) in [4.78, 5) is 0. The molecule has 0 N–H and O–H groups in total. The van der Waals surface area contributed by atoms with Crippen molar-refractivity contribution in [2.45, 2.75) is 27.1 Å². The number of aryl methyl sites for hydroxylation is 1. The molecule has 0 aliphatic heterocycles. The van der Waals surface area contributed by atoms with Gasteiger partial charge in [-0.1, -0.05) is 5.21 Å². The van der Waals surface area contributed by atoms with E-state index in [1.54, 1.807) is 29.9 Å². The average Bonchev–Trinajstić information content (AvgIpc) is 2.91. The Labute approximate surface area is 117 Å². The highest BCUT2D eigenvalue weighted by Crippen LogP contribution is 2.18. The summed E-state index contributed by atoms with van der Waals surface area (Å²) in [6, 6.07) is 4.77. The first-order chi connectivity index (χ1) is 9.65. The lowest BCUT2D eigenvalue weighted by Gasteiger charge is -2.13. The minimum atomic E-state index is -0.528. The van der Waals surface area contributed by atoms with E-state index in [1.165, 1.54) is 6.07 Å². The summed E-state index contributed by atoms with van der Waals surface area (Å²) < 4.78 is 25.8. The lowest BCUT2D eigenvalue weighted by molar-refractivity contribution is -0.142. The monoisotopic (exact) mass is 279 g/mol. The van der Waals surface area contributed by atoms with E-state index in [0.29, 0.717) is 24.5 Å². The van der Waals surface area contributed by atoms with Crippen LogP contribution in [0.25, 0.3) is 5.69 Å². The highest BCUT2D eigenvalue weighted by Gasteiger charge is 2.16. The number of hydrogen-bond acceptors (Lipinski definition) is 4. The van der Waals surface area contributed by atoms with Crippen LogP contribution in [0.5, 0.6) is 0 Å². The molecule has 0 saturated carbocycles. The summed E-state index contributed by atoms with van der Waals surface area (Å²) in [6.07, 6.45) is 1.20. The minimum Gasteiger partial charge on any atom is -0.347 e. The predicted octanol–water partition coefficient (Wildman–Crippen LogP) is 2.79. The van der Waals surface area contributed by atoms with E-state index in [9.17, 15) is 4.39 Å². The molecule has 0 atom stereocenters. The quantitative estimate of drug-likeness (QED) is 0.763. The van der Waals surface area contributed by atoms with E-state index in [2.05, 4.69) is 10.3 Å². The van der Waals surface area contributed by atoms with Gasteiger partial charge in [0.2, 0.25) is 6.29 Å². The molecule has 2 aromatic rings. The number of hydrogen-bond donors (Lipinski definition) is 0. The first-order valence-electron chi connectivity index (χ1n) is 6.57. The first-order valence-corrected chi connectivity index (χ1v) is 6.57. The molecule has 0 unspecified atom stereocenters. The van der Waals surface area contributed by atoms with Gasteiger partial charge in [-0.25, -0.2) is 9.07 Å². The van der Waals surface area contributed by atoms with Gasteiger partial charge < -0.3 is 9.47 Å². The molecule has 108 valence electrons. The van der Waals surface area contributed by atoms with Crippen LogP contribution in [-0.2, 0) is 9.47 Å². The largest absolute Gasteiger partial charge is 0.347 e. The topological polar surface area (TPSA) is 49.2 Å². The van der Waals surface area contributed by atoms with Crippen LogP contribution in [-0.4, -0.2) is 28.2 Å². The molecule has 5 nitrogen and oxygen atoms in total. The van der Waals surface area contributed by atoms with Crippen molar-refractivity contribution in [3.8, 4) is 5.69 Å². The van der Waals surface area contributed by atoms with Crippen molar-refractivity contribution in [3.05, 3.63) is 41.5 Å². The van der Waals surface area contributed by atoms with Crippen molar-refractivity contribution in [2.75, 3.05) is 13.2 Å². The van der Waals surface area contributed by atoms with Gasteiger partial charge in [-0.05, 0) is 44.5 Å². The summed E-state index contributed by atoms with van der Waals surface area (Å²) >= 11 is 0. The van der Waals surface area contributed by atoms with Crippen molar-refractivity contribution >= 4 is 0 Å². The second-order valence-electron chi connectivity index (χ2n) is 4.26. The van der Waals surface area contributed by atoms with Gasteiger partial charge in [0.1, 0.15) is 11.5 Å². The Morgan fingerprint density at radius 1 is 1.25 bits per heavy atom. The van der Waals surface area contributed by atoms with Crippen molar-refractivity contribution in [1.82, 2.24) is 15.0 Å². The molecule has 0 aliphatic carbocycles. The Kier molecular flexibility index (Phi) is 4.81. The smallest absolute Gasteiger partial charge is 0.204 e. The highest BCUT2D eigenvalue weighted by atomic mass is 19.1. The fraction of sp³-hybridized carbons (Fsp3) is 0.429. The molecule has 1 aromatic heterocycles. The fourth-order valence-electron chi connectivity index (χ4n) is 1.80. The SMILES string of the molecule is CCOC(OCC)c1cn(-c2ccc(F)c(C)c2)nn1. The highest BCUT2D eigenvalue weighted by molar-refractivity contribution is 5.35. The van der Waals surface area contributed by atoms with Gasteiger partial charge in [-0.3, -0.25) is 0 Å².